The molecule has 11 nitrogen and oxygen atoms in total. The third-order valence-electron chi connectivity index (χ3n) is 1.30. The molecule has 1 rings (SSSR count). The van der Waals surface area contributed by atoms with E-state index in [0.29, 0.717) is 5.69 Å². The molecule has 8 N–H and O–H groups in total. The lowest BCUT2D eigenvalue weighted by molar-refractivity contribution is -0.138. The van der Waals surface area contributed by atoms with Gasteiger partial charge in [0.25, 0.3) is 0 Å². The van der Waals surface area contributed by atoms with Crippen LogP contribution in [-0.2, 0) is 20.3 Å². The summed E-state index contributed by atoms with van der Waals surface area (Å²) in [5, 5.41) is 8.42. The van der Waals surface area contributed by atoms with Crippen LogP contribution in [0.4, 0.5) is 8.39 Å². The van der Waals surface area contributed by atoms with Gasteiger partial charge in [0.1, 0.15) is 6.04 Å². The highest BCUT2D eigenvalue weighted by atomic mass is 31.2. The van der Waals surface area contributed by atoms with E-state index in [-0.39, 0.29) is 6.42 Å². The second kappa shape index (κ2) is 9.68. The van der Waals surface area contributed by atoms with Gasteiger partial charge in [-0.25, -0.2) is 14.1 Å². The van der Waals surface area contributed by atoms with Crippen LogP contribution < -0.4 is 5.73 Å². The van der Waals surface area contributed by atoms with Crippen LogP contribution in [0, 0.1) is 0 Å². The average Bonchev–Trinajstić information content (AvgIpc) is 2.64. The van der Waals surface area contributed by atoms with Crippen LogP contribution >= 0.6 is 15.8 Å². The van der Waals surface area contributed by atoms with Gasteiger partial charge in [0.2, 0.25) is 0 Å². The van der Waals surface area contributed by atoms with E-state index in [9.17, 15) is 13.2 Å². The number of aromatic amines is 1. The molecule has 1 aromatic rings. The number of carboxylic acids is 1. The summed E-state index contributed by atoms with van der Waals surface area (Å²) in [5.74, 6) is -1.01. The molecule has 0 fully saturated rings. The van der Waals surface area contributed by atoms with Gasteiger partial charge in [0.15, 0.2) is 0 Å². The van der Waals surface area contributed by atoms with E-state index in [2.05, 4.69) is 9.97 Å². The van der Waals surface area contributed by atoms with Crippen LogP contribution in [0.1, 0.15) is 5.69 Å². The highest BCUT2D eigenvalue weighted by molar-refractivity contribution is 7.46. The SMILES string of the molecule is N[C@@H](Cc1c[nH]cn1)C(=O)O.O=P(O)(O)F.O=P(O)(O)F. The van der Waals surface area contributed by atoms with Crippen LogP contribution in [0.3, 0.4) is 0 Å². The quantitative estimate of drug-likeness (QED) is 0.344. The highest BCUT2D eigenvalue weighted by Gasteiger charge is 2.12. The number of nitrogens with zero attached hydrogens (tertiary/aromatic N) is 1. The van der Waals surface area contributed by atoms with Crippen molar-refractivity contribution < 1.29 is 47.0 Å². The van der Waals surface area contributed by atoms with Gasteiger partial charge in [-0.1, -0.05) is 0 Å². The highest BCUT2D eigenvalue weighted by Crippen LogP contribution is 2.35. The first kappa shape index (κ1) is 22.1. The summed E-state index contributed by atoms with van der Waals surface area (Å²) in [6.45, 7) is 0. The molecule has 0 unspecified atom stereocenters. The van der Waals surface area contributed by atoms with Crippen molar-refractivity contribution in [2.24, 2.45) is 5.73 Å². The van der Waals surface area contributed by atoms with Gasteiger partial charge >= 0.3 is 21.8 Å². The topological polar surface area (TPSA) is 207 Å². The maximum atomic E-state index is 10.4. The van der Waals surface area contributed by atoms with E-state index in [0.717, 1.165) is 0 Å². The molecule has 1 heterocycles. The Bertz CT molecular complexity index is 464. The maximum absolute atomic E-state index is 10.4. The summed E-state index contributed by atoms with van der Waals surface area (Å²) in [7, 11) is -10.3. The Morgan fingerprint density at radius 1 is 1.29 bits per heavy atom. The van der Waals surface area contributed by atoms with Gasteiger partial charge < -0.3 is 15.8 Å². The summed E-state index contributed by atoms with van der Waals surface area (Å²) in [5.41, 5.74) is 5.92. The zero-order chi connectivity index (χ0) is 17.3. The van der Waals surface area contributed by atoms with Crippen molar-refractivity contribution >= 4 is 21.8 Å². The fourth-order valence-corrected chi connectivity index (χ4v) is 0.715. The van der Waals surface area contributed by atoms with Crippen molar-refractivity contribution in [1.29, 1.82) is 0 Å². The molecule has 0 bridgehead atoms. The number of aromatic nitrogens is 2. The van der Waals surface area contributed by atoms with Crippen molar-refractivity contribution in [2.75, 3.05) is 0 Å². The number of H-pyrrole nitrogens is 1. The average molecular weight is 355 g/mol. The molecule has 0 aliphatic heterocycles. The van der Waals surface area contributed by atoms with Crippen molar-refractivity contribution in [1.82, 2.24) is 9.97 Å². The monoisotopic (exact) mass is 355 g/mol. The molecule has 0 aliphatic rings. The first-order valence-electron chi connectivity index (χ1n) is 4.66. The van der Waals surface area contributed by atoms with Gasteiger partial charge in [0, 0.05) is 12.6 Å². The second-order valence-corrected chi connectivity index (χ2v) is 5.05. The summed E-state index contributed by atoms with van der Waals surface area (Å²) in [6, 6.07) is -0.863. The van der Waals surface area contributed by atoms with Gasteiger partial charge in [-0.2, -0.15) is 0 Å². The zero-order valence-corrected chi connectivity index (χ0v) is 11.9. The molecule has 0 aliphatic carbocycles. The van der Waals surface area contributed by atoms with E-state index in [4.69, 9.17) is 39.5 Å². The minimum atomic E-state index is -5.14. The van der Waals surface area contributed by atoms with Gasteiger partial charge in [0.05, 0.1) is 12.0 Å². The van der Waals surface area contributed by atoms with Crippen LogP contribution in [0.25, 0.3) is 0 Å². The van der Waals surface area contributed by atoms with E-state index in [1.165, 1.54) is 6.33 Å². The predicted molar refractivity (Wildman–Crippen MR) is 64.2 cm³/mol. The third kappa shape index (κ3) is 27.9. The first-order valence-corrected chi connectivity index (χ1v) is 7.67. The molecule has 124 valence electrons. The molecule has 1 atom stereocenters. The number of rotatable bonds is 3. The smallest absolute Gasteiger partial charge is 0.480 e. The standard InChI is InChI=1S/C6H9N3O2.2FH2O3P/c7-5(6(10)11)1-4-2-8-3-9-4;2*1-5(2,3)4/h2-3,5H,1,7H2,(H,8,9)(H,10,11);2*(H2,2,3,4)/t5-;;/m0../s1. The maximum Gasteiger partial charge on any atom is 0.507 e. The Labute approximate surface area is 116 Å². The number of halogens is 2. The minimum absolute atomic E-state index is 0.263. The number of aliphatic carboxylic acids is 1. The van der Waals surface area contributed by atoms with E-state index in [1.54, 1.807) is 6.20 Å². The Balaban J connectivity index is 0. The van der Waals surface area contributed by atoms with Gasteiger partial charge in [-0.3, -0.25) is 24.4 Å². The predicted octanol–water partition coefficient (Wildman–Crippen LogP) is -0.539. The molecule has 15 heteroatoms. The third-order valence-corrected chi connectivity index (χ3v) is 1.30. The summed E-state index contributed by atoms with van der Waals surface area (Å²) < 4.78 is 38.0. The van der Waals surface area contributed by atoms with Gasteiger partial charge in [-0.05, 0) is 0 Å². The molecular weight excluding hydrogens is 342 g/mol. The molecule has 0 amide bonds. The molecule has 21 heavy (non-hydrogen) atoms. The van der Waals surface area contributed by atoms with Gasteiger partial charge in [-0.15, -0.1) is 8.39 Å². The number of nitrogens with two attached hydrogens (primary N) is 1. The van der Waals surface area contributed by atoms with Crippen LogP contribution in [0.5, 0.6) is 0 Å². The van der Waals surface area contributed by atoms with Crippen LogP contribution in [0.2, 0.25) is 0 Å². The second-order valence-electron chi connectivity index (χ2n) is 3.16. The number of imidazole rings is 1. The number of carboxylic acid groups (broad SMARTS) is 1. The van der Waals surface area contributed by atoms with Crippen molar-refractivity contribution in [3.05, 3.63) is 18.2 Å². The zero-order valence-electron chi connectivity index (χ0n) is 10.1. The fraction of sp³-hybridized carbons (Fsp3) is 0.333. The lowest BCUT2D eigenvalue weighted by atomic mass is 10.2. The van der Waals surface area contributed by atoms with E-state index < -0.39 is 27.8 Å². The molecule has 0 saturated heterocycles. The number of hydrogen-bond donors (Lipinski definition) is 7. The first-order chi connectivity index (χ1) is 9.20. The van der Waals surface area contributed by atoms with Crippen molar-refractivity contribution in [3.8, 4) is 0 Å². The van der Waals surface area contributed by atoms with Crippen molar-refractivity contribution in [2.45, 2.75) is 12.5 Å². The molecule has 0 aromatic carbocycles. The fourth-order valence-electron chi connectivity index (χ4n) is 0.715. The lowest BCUT2D eigenvalue weighted by Gasteiger charge is -2.01. The van der Waals surface area contributed by atoms with Crippen LogP contribution in [0.15, 0.2) is 12.5 Å². The number of hydrogen-bond acceptors (Lipinski definition) is 5. The Morgan fingerprint density at radius 3 is 1.90 bits per heavy atom. The summed E-state index contributed by atoms with van der Waals surface area (Å²) in [4.78, 5) is 44.7. The number of carbonyl (C=O) groups is 1. The Morgan fingerprint density at radius 2 is 1.67 bits per heavy atom. The van der Waals surface area contributed by atoms with Crippen LogP contribution in [-0.4, -0.2) is 46.7 Å². The van der Waals surface area contributed by atoms with E-state index >= 15 is 0 Å². The van der Waals surface area contributed by atoms with E-state index in [1.807, 2.05) is 0 Å². The molecule has 1 aromatic heterocycles. The largest absolute Gasteiger partial charge is 0.507 e. The lowest BCUT2D eigenvalue weighted by Crippen LogP contribution is -2.32. The molecule has 0 saturated carbocycles. The normalized spacial score (nSPS) is 12.3. The Kier molecular flexibility index (Phi) is 10.2. The molecular formula is C6H13F2N3O8P2. The summed E-state index contributed by atoms with van der Waals surface area (Å²) >= 11 is 0. The molecule has 0 spiro atoms. The Hall–Kier alpha value is -1.20. The van der Waals surface area contributed by atoms with Crippen molar-refractivity contribution in [3.63, 3.8) is 0 Å². The minimum Gasteiger partial charge on any atom is -0.480 e. The molecule has 0 radical (unpaired) electrons. The number of nitrogens with one attached hydrogen (secondary N) is 1. The summed E-state index contributed by atoms with van der Waals surface area (Å²) in [6.07, 6.45) is 3.38.